The lowest BCUT2D eigenvalue weighted by molar-refractivity contribution is 0.0416. The maximum absolute atomic E-state index is 12.0. The molecule has 1 aromatic rings. The maximum atomic E-state index is 12.0. The Bertz CT molecular complexity index is 504. The largest absolute Gasteiger partial charge is 0.381 e. The number of likely N-dealkylation sites (tertiary alicyclic amines) is 1. The highest BCUT2D eigenvalue weighted by Crippen LogP contribution is 2.17. The molecular formula is C17H26ClN3O2. The number of nitrogens with zero attached hydrogens (tertiary/aromatic N) is 1. The van der Waals surface area contributed by atoms with E-state index in [2.05, 4.69) is 15.5 Å². The highest BCUT2D eigenvalue weighted by molar-refractivity contribution is 6.30. The molecular weight excluding hydrogens is 314 g/mol. The monoisotopic (exact) mass is 339 g/mol. The van der Waals surface area contributed by atoms with E-state index in [0.29, 0.717) is 17.7 Å². The van der Waals surface area contributed by atoms with Crippen LogP contribution in [0, 0.1) is 0 Å². The van der Waals surface area contributed by atoms with E-state index >= 15 is 0 Å². The number of rotatable bonds is 6. The van der Waals surface area contributed by atoms with Crippen molar-refractivity contribution in [1.82, 2.24) is 15.5 Å². The summed E-state index contributed by atoms with van der Waals surface area (Å²) in [6, 6.07) is 7.31. The Labute approximate surface area is 143 Å². The summed E-state index contributed by atoms with van der Waals surface area (Å²) in [5.74, 6) is 0. The first-order chi connectivity index (χ1) is 11.1. The highest BCUT2D eigenvalue weighted by atomic mass is 35.5. The van der Waals surface area contributed by atoms with Crippen molar-refractivity contribution in [2.24, 2.45) is 0 Å². The van der Waals surface area contributed by atoms with Gasteiger partial charge >= 0.3 is 6.03 Å². The predicted molar refractivity (Wildman–Crippen MR) is 92.9 cm³/mol. The van der Waals surface area contributed by atoms with E-state index in [9.17, 15) is 4.79 Å². The third-order valence-corrected chi connectivity index (χ3v) is 4.51. The number of ether oxygens (including phenoxy) is 1. The maximum Gasteiger partial charge on any atom is 0.315 e. The third-order valence-electron chi connectivity index (χ3n) is 4.28. The minimum absolute atomic E-state index is 0.0776. The van der Waals surface area contributed by atoms with Crippen LogP contribution in [0.25, 0.3) is 0 Å². The summed E-state index contributed by atoms with van der Waals surface area (Å²) < 4.78 is 5.36. The third kappa shape index (κ3) is 6.01. The fourth-order valence-electron chi connectivity index (χ4n) is 2.80. The summed E-state index contributed by atoms with van der Waals surface area (Å²) in [5, 5.41) is 6.52. The number of halogens is 1. The molecule has 1 heterocycles. The summed E-state index contributed by atoms with van der Waals surface area (Å²) in [7, 11) is 1.77. The van der Waals surface area contributed by atoms with Gasteiger partial charge in [0.05, 0.1) is 12.1 Å². The lowest BCUT2D eigenvalue weighted by atomic mass is 10.1. The first-order valence-corrected chi connectivity index (χ1v) is 8.51. The van der Waals surface area contributed by atoms with Crippen LogP contribution in [0.3, 0.4) is 0 Å². The molecule has 1 fully saturated rings. The normalized spacial score (nSPS) is 17.7. The Balaban J connectivity index is 1.65. The molecule has 0 unspecified atom stereocenters. The van der Waals surface area contributed by atoms with Crippen LogP contribution in [0.1, 0.15) is 31.4 Å². The van der Waals surface area contributed by atoms with E-state index in [0.717, 1.165) is 38.0 Å². The predicted octanol–water partition coefficient (Wildman–Crippen LogP) is 2.81. The summed E-state index contributed by atoms with van der Waals surface area (Å²) >= 11 is 5.97. The number of carbonyl (C=O) groups is 1. The molecule has 128 valence electrons. The van der Waals surface area contributed by atoms with Gasteiger partial charge in [-0.15, -0.1) is 0 Å². The summed E-state index contributed by atoms with van der Waals surface area (Å²) in [5.41, 5.74) is 0.995. The molecule has 1 aromatic carbocycles. The Kier molecular flexibility index (Phi) is 7.15. The van der Waals surface area contributed by atoms with Crippen molar-refractivity contribution in [3.8, 4) is 0 Å². The molecule has 2 amide bonds. The van der Waals surface area contributed by atoms with Crippen molar-refractivity contribution in [2.45, 2.75) is 31.9 Å². The second-order valence-electron chi connectivity index (χ2n) is 5.95. The van der Waals surface area contributed by atoms with Crippen molar-refractivity contribution in [3.63, 3.8) is 0 Å². The number of methoxy groups -OCH3 is 1. The fourth-order valence-corrected chi connectivity index (χ4v) is 3.00. The lowest BCUT2D eigenvalue weighted by Gasteiger charge is -2.31. The minimum Gasteiger partial charge on any atom is -0.381 e. The molecule has 0 spiro atoms. The molecule has 6 heteroatoms. The minimum atomic E-state index is -0.149. The first kappa shape index (κ1) is 18.0. The Morgan fingerprint density at radius 3 is 2.83 bits per heavy atom. The zero-order valence-corrected chi connectivity index (χ0v) is 14.6. The number of amides is 2. The average Bonchev–Trinajstić information content (AvgIpc) is 2.55. The molecule has 0 bridgehead atoms. The number of hydrogen-bond donors (Lipinski definition) is 2. The second-order valence-corrected chi connectivity index (χ2v) is 6.39. The van der Waals surface area contributed by atoms with Crippen LogP contribution in [0.2, 0.25) is 5.02 Å². The molecule has 0 radical (unpaired) electrons. The molecule has 1 saturated heterocycles. The van der Waals surface area contributed by atoms with Gasteiger partial charge in [-0.2, -0.15) is 0 Å². The lowest BCUT2D eigenvalue weighted by Crippen LogP contribution is -2.44. The standard InChI is InChI=1S/C17H26ClN3O2/c1-13(14-4-3-5-15(18)12-14)20-17(22)19-8-11-21-9-6-16(23-2)7-10-21/h3-5,12-13,16H,6-11H2,1-2H3,(H2,19,20,22)/t13-/m0/s1. The van der Waals surface area contributed by atoms with Gasteiger partial charge in [-0.3, -0.25) is 0 Å². The molecule has 2 N–H and O–H groups in total. The number of urea groups is 1. The number of piperidine rings is 1. The second kappa shape index (κ2) is 9.11. The van der Waals surface area contributed by atoms with E-state index < -0.39 is 0 Å². The van der Waals surface area contributed by atoms with Gasteiger partial charge in [-0.05, 0) is 37.5 Å². The highest BCUT2D eigenvalue weighted by Gasteiger charge is 2.18. The van der Waals surface area contributed by atoms with Crippen LogP contribution >= 0.6 is 11.6 Å². The van der Waals surface area contributed by atoms with Gasteiger partial charge in [0.2, 0.25) is 0 Å². The van der Waals surface area contributed by atoms with E-state index in [1.807, 2.05) is 31.2 Å². The van der Waals surface area contributed by atoms with Gasteiger partial charge < -0.3 is 20.3 Å². The van der Waals surface area contributed by atoms with Crippen LogP contribution in [-0.4, -0.2) is 50.3 Å². The van der Waals surface area contributed by atoms with E-state index in [1.165, 1.54) is 0 Å². The number of hydrogen-bond acceptors (Lipinski definition) is 3. The first-order valence-electron chi connectivity index (χ1n) is 8.13. The van der Waals surface area contributed by atoms with Crippen LogP contribution in [0.4, 0.5) is 4.79 Å². The zero-order valence-electron chi connectivity index (χ0n) is 13.8. The van der Waals surface area contributed by atoms with E-state index in [-0.39, 0.29) is 12.1 Å². The van der Waals surface area contributed by atoms with Crippen LogP contribution in [-0.2, 0) is 4.74 Å². The average molecular weight is 340 g/mol. The molecule has 0 aliphatic carbocycles. The molecule has 5 nitrogen and oxygen atoms in total. The molecule has 0 aromatic heterocycles. The Hall–Kier alpha value is -1.30. The SMILES string of the molecule is COC1CCN(CCNC(=O)N[C@@H](C)c2cccc(Cl)c2)CC1. The van der Waals surface area contributed by atoms with Crippen molar-refractivity contribution in [3.05, 3.63) is 34.9 Å². The summed E-state index contributed by atoms with van der Waals surface area (Å²) in [4.78, 5) is 14.3. The quantitative estimate of drug-likeness (QED) is 0.838. The molecule has 0 saturated carbocycles. The number of benzene rings is 1. The van der Waals surface area contributed by atoms with Gasteiger partial charge in [-0.25, -0.2) is 4.79 Å². The molecule has 23 heavy (non-hydrogen) atoms. The molecule has 1 atom stereocenters. The van der Waals surface area contributed by atoms with Gasteiger partial charge in [0, 0.05) is 38.3 Å². The van der Waals surface area contributed by atoms with Crippen molar-refractivity contribution in [2.75, 3.05) is 33.3 Å². The van der Waals surface area contributed by atoms with Crippen molar-refractivity contribution in [1.29, 1.82) is 0 Å². The Morgan fingerprint density at radius 2 is 2.17 bits per heavy atom. The summed E-state index contributed by atoms with van der Waals surface area (Å²) in [6.45, 7) is 5.52. The smallest absolute Gasteiger partial charge is 0.315 e. The number of carbonyl (C=O) groups excluding carboxylic acids is 1. The van der Waals surface area contributed by atoms with Gasteiger partial charge in [0.1, 0.15) is 0 Å². The van der Waals surface area contributed by atoms with Crippen LogP contribution in [0.15, 0.2) is 24.3 Å². The molecule has 1 aliphatic rings. The van der Waals surface area contributed by atoms with Crippen molar-refractivity contribution >= 4 is 17.6 Å². The fraction of sp³-hybridized carbons (Fsp3) is 0.588. The van der Waals surface area contributed by atoms with Crippen molar-refractivity contribution < 1.29 is 9.53 Å². The van der Waals surface area contributed by atoms with Crippen LogP contribution in [0.5, 0.6) is 0 Å². The van der Waals surface area contributed by atoms with E-state index in [1.54, 1.807) is 7.11 Å². The zero-order chi connectivity index (χ0) is 16.7. The topological polar surface area (TPSA) is 53.6 Å². The van der Waals surface area contributed by atoms with E-state index in [4.69, 9.17) is 16.3 Å². The van der Waals surface area contributed by atoms with Crippen LogP contribution < -0.4 is 10.6 Å². The summed E-state index contributed by atoms with van der Waals surface area (Å²) in [6.07, 6.45) is 2.52. The van der Waals surface area contributed by atoms with Gasteiger partial charge in [0.25, 0.3) is 0 Å². The van der Waals surface area contributed by atoms with Gasteiger partial charge in [-0.1, -0.05) is 23.7 Å². The Morgan fingerprint density at radius 1 is 1.43 bits per heavy atom. The molecule has 2 rings (SSSR count). The van der Waals surface area contributed by atoms with Gasteiger partial charge in [0.15, 0.2) is 0 Å². The number of nitrogens with one attached hydrogen (secondary N) is 2. The molecule has 1 aliphatic heterocycles.